The van der Waals surface area contributed by atoms with Gasteiger partial charge in [-0.05, 0) is 36.5 Å². The first-order valence-electron chi connectivity index (χ1n) is 5.37. The van der Waals surface area contributed by atoms with Gasteiger partial charge in [0.15, 0.2) is 0 Å². The van der Waals surface area contributed by atoms with Gasteiger partial charge in [-0.25, -0.2) is 0 Å². The van der Waals surface area contributed by atoms with Crippen molar-refractivity contribution in [2.75, 3.05) is 13.1 Å². The molecule has 0 saturated heterocycles. The first-order chi connectivity index (χ1) is 7.42. The van der Waals surface area contributed by atoms with E-state index < -0.39 is 0 Å². The lowest BCUT2D eigenvalue weighted by Crippen LogP contribution is -2.17. The molecule has 0 spiro atoms. The highest BCUT2D eigenvalue weighted by molar-refractivity contribution is 5.82. The van der Waals surface area contributed by atoms with Gasteiger partial charge in [0.25, 0.3) is 0 Å². The third-order valence-electron chi connectivity index (χ3n) is 2.55. The zero-order valence-electron chi connectivity index (χ0n) is 8.79. The van der Waals surface area contributed by atoms with Gasteiger partial charge in [0, 0.05) is 18.3 Å². The van der Waals surface area contributed by atoms with E-state index in [2.05, 4.69) is 34.6 Å². The number of aromatic nitrogens is 1. The fourth-order valence-corrected chi connectivity index (χ4v) is 1.75. The van der Waals surface area contributed by atoms with E-state index in [1.54, 1.807) is 0 Å². The van der Waals surface area contributed by atoms with Gasteiger partial charge in [-0.2, -0.15) is 0 Å². The normalized spacial score (nSPS) is 11.0. The van der Waals surface area contributed by atoms with Crippen LogP contribution in [-0.4, -0.2) is 18.1 Å². The van der Waals surface area contributed by atoms with E-state index in [4.69, 9.17) is 5.73 Å². The fraction of sp³-hybridized carbons (Fsp3) is 0.333. The van der Waals surface area contributed by atoms with Crippen LogP contribution >= 0.6 is 0 Å². The van der Waals surface area contributed by atoms with Crippen LogP contribution in [0.15, 0.2) is 30.5 Å². The van der Waals surface area contributed by atoms with Gasteiger partial charge in [-0.15, -0.1) is 0 Å². The molecule has 0 aliphatic carbocycles. The molecule has 0 saturated carbocycles. The minimum Gasteiger partial charge on any atom is -0.361 e. The van der Waals surface area contributed by atoms with E-state index in [0.29, 0.717) is 0 Å². The smallest absolute Gasteiger partial charge is 0.0499 e. The van der Waals surface area contributed by atoms with Crippen molar-refractivity contribution in [1.82, 2.24) is 10.3 Å². The van der Waals surface area contributed by atoms with Gasteiger partial charge in [0.1, 0.15) is 0 Å². The predicted octanol–water partition coefficient (Wildman–Crippen LogP) is 1.61. The zero-order chi connectivity index (χ0) is 10.5. The first kappa shape index (κ1) is 10.2. The molecule has 0 amide bonds. The summed E-state index contributed by atoms with van der Waals surface area (Å²) in [6, 6.07) is 8.46. The molecule has 0 atom stereocenters. The van der Waals surface area contributed by atoms with Gasteiger partial charge in [-0.3, -0.25) is 0 Å². The van der Waals surface area contributed by atoms with Crippen LogP contribution in [0.3, 0.4) is 0 Å². The van der Waals surface area contributed by atoms with Crippen LogP contribution < -0.4 is 11.1 Å². The number of fused-ring (bicyclic) bond motifs is 1. The molecule has 0 unspecified atom stereocenters. The molecule has 1 aromatic carbocycles. The molecular formula is C12H17N3. The van der Waals surface area contributed by atoms with Crippen molar-refractivity contribution in [2.45, 2.75) is 13.0 Å². The molecule has 2 aromatic rings. The lowest BCUT2D eigenvalue weighted by molar-refractivity contribution is 0.657. The summed E-state index contributed by atoms with van der Waals surface area (Å²) in [5.41, 5.74) is 7.98. The summed E-state index contributed by atoms with van der Waals surface area (Å²) in [5, 5.41) is 4.66. The second-order valence-electron chi connectivity index (χ2n) is 3.68. The lowest BCUT2D eigenvalue weighted by Gasteiger charge is -2.05. The van der Waals surface area contributed by atoms with Gasteiger partial charge in [-0.1, -0.05) is 18.2 Å². The minimum absolute atomic E-state index is 0.750. The van der Waals surface area contributed by atoms with E-state index in [0.717, 1.165) is 26.1 Å². The Balaban J connectivity index is 2.04. The molecule has 80 valence electrons. The molecule has 0 bridgehead atoms. The maximum absolute atomic E-state index is 5.44. The number of H-pyrrole nitrogens is 1. The Kier molecular flexibility index (Phi) is 3.37. The lowest BCUT2D eigenvalue weighted by atomic mass is 10.1. The average molecular weight is 203 g/mol. The number of nitrogens with two attached hydrogens (primary N) is 1. The maximum Gasteiger partial charge on any atom is 0.0499 e. The third kappa shape index (κ3) is 2.37. The Labute approximate surface area is 89.7 Å². The number of hydrogen-bond donors (Lipinski definition) is 3. The van der Waals surface area contributed by atoms with Crippen molar-refractivity contribution in [3.8, 4) is 0 Å². The van der Waals surface area contributed by atoms with Crippen molar-refractivity contribution in [3.63, 3.8) is 0 Å². The second kappa shape index (κ2) is 4.96. The van der Waals surface area contributed by atoms with E-state index in [1.807, 2.05) is 6.20 Å². The summed E-state index contributed by atoms with van der Waals surface area (Å²) >= 11 is 0. The summed E-state index contributed by atoms with van der Waals surface area (Å²) in [6.45, 7) is 2.63. The van der Waals surface area contributed by atoms with Crippen LogP contribution in [0.4, 0.5) is 0 Å². The molecule has 1 heterocycles. The van der Waals surface area contributed by atoms with Crippen molar-refractivity contribution in [2.24, 2.45) is 5.73 Å². The summed E-state index contributed by atoms with van der Waals surface area (Å²) < 4.78 is 0. The molecule has 4 N–H and O–H groups in total. The summed E-state index contributed by atoms with van der Waals surface area (Å²) in [7, 11) is 0. The first-order valence-corrected chi connectivity index (χ1v) is 5.37. The van der Waals surface area contributed by atoms with Crippen LogP contribution in [0.25, 0.3) is 10.9 Å². The molecule has 0 radical (unpaired) electrons. The van der Waals surface area contributed by atoms with Gasteiger partial charge >= 0.3 is 0 Å². The van der Waals surface area contributed by atoms with Crippen molar-refractivity contribution in [3.05, 3.63) is 36.0 Å². The van der Waals surface area contributed by atoms with Gasteiger partial charge in [0.2, 0.25) is 0 Å². The molecule has 0 aliphatic heterocycles. The highest BCUT2D eigenvalue weighted by atomic mass is 14.9. The molecule has 0 aliphatic rings. The number of aromatic amines is 1. The molecule has 1 aromatic heterocycles. The van der Waals surface area contributed by atoms with E-state index >= 15 is 0 Å². The predicted molar refractivity (Wildman–Crippen MR) is 63.7 cm³/mol. The molecule has 3 nitrogen and oxygen atoms in total. The highest BCUT2D eigenvalue weighted by Crippen LogP contribution is 2.16. The Morgan fingerprint density at radius 3 is 3.07 bits per heavy atom. The largest absolute Gasteiger partial charge is 0.361 e. The SMILES string of the molecule is NCCCNCc1cccc2cc[nH]c12. The Morgan fingerprint density at radius 1 is 1.27 bits per heavy atom. The van der Waals surface area contributed by atoms with E-state index in [1.165, 1.54) is 16.5 Å². The quantitative estimate of drug-likeness (QED) is 0.647. The molecular weight excluding hydrogens is 186 g/mol. The number of benzene rings is 1. The van der Waals surface area contributed by atoms with Crippen molar-refractivity contribution >= 4 is 10.9 Å². The average Bonchev–Trinajstić information content (AvgIpc) is 2.73. The highest BCUT2D eigenvalue weighted by Gasteiger charge is 2.00. The van der Waals surface area contributed by atoms with E-state index in [9.17, 15) is 0 Å². The standard InChI is InChI=1S/C12H17N3/c13-6-2-7-14-9-11-4-1-3-10-5-8-15-12(10)11/h1,3-5,8,14-15H,2,6-7,9,13H2. The Morgan fingerprint density at radius 2 is 2.20 bits per heavy atom. The van der Waals surface area contributed by atoms with Crippen molar-refractivity contribution in [1.29, 1.82) is 0 Å². The fourth-order valence-electron chi connectivity index (χ4n) is 1.75. The number of hydrogen-bond acceptors (Lipinski definition) is 2. The Hall–Kier alpha value is -1.32. The molecule has 2 rings (SSSR count). The van der Waals surface area contributed by atoms with Gasteiger partial charge < -0.3 is 16.0 Å². The Bertz CT molecular complexity index is 419. The monoisotopic (exact) mass is 203 g/mol. The number of nitrogens with one attached hydrogen (secondary N) is 2. The van der Waals surface area contributed by atoms with Crippen LogP contribution in [-0.2, 0) is 6.54 Å². The molecule has 3 heteroatoms. The van der Waals surface area contributed by atoms with Crippen LogP contribution in [0.2, 0.25) is 0 Å². The molecule has 15 heavy (non-hydrogen) atoms. The number of rotatable bonds is 5. The zero-order valence-corrected chi connectivity index (χ0v) is 8.79. The van der Waals surface area contributed by atoms with Gasteiger partial charge in [0.05, 0.1) is 0 Å². The van der Waals surface area contributed by atoms with Crippen LogP contribution in [0, 0.1) is 0 Å². The summed E-state index contributed by atoms with van der Waals surface area (Å²) in [6.07, 6.45) is 3.01. The maximum atomic E-state index is 5.44. The third-order valence-corrected chi connectivity index (χ3v) is 2.55. The summed E-state index contributed by atoms with van der Waals surface area (Å²) in [4.78, 5) is 3.26. The van der Waals surface area contributed by atoms with Crippen LogP contribution in [0.5, 0.6) is 0 Å². The van der Waals surface area contributed by atoms with E-state index in [-0.39, 0.29) is 0 Å². The summed E-state index contributed by atoms with van der Waals surface area (Å²) in [5.74, 6) is 0. The minimum atomic E-state index is 0.750. The molecule has 0 fully saturated rings. The topological polar surface area (TPSA) is 53.8 Å². The number of para-hydroxylation sites is 1. The second-order valence-corrected chi connectivity index (χ2v) is 3.68. The van der Waals surface area contributed by atoms with Crippen molar-refractivity contribution < 1.29 is 0 Å². The van der Waals surface area contributed by atoms with Crippen LogP contribution in [0.1, 0.15) is 12.0 Å².